The summed E-state index contributed by atoms with van der Waals surface area (Å²) in [5.41, 5.74) is 2.10. The molecule has 1 amide bonds. The standard InChI is InChI=1S/C19H20ClN3O3S/c20-18-13-15(6-8-21-18)19(24)23-11-7-14-12-16(4-5-17(14)23)27(25,26)22-9-2-1-3-10-22/h4-6,8,12-13H,1-3,7,9-11H2. The third kappa shape index (κ3) is 3.47. The Kier molecular flexibility index (Phi) is 4.92. The van der Waals surface area contributed by atoms with E-state index in [-0.39, 0.29) is 11.1 Å². The van der Waals surface area contributed by atoms with Crippen molar-refractivity contribution >= 4 is 33.2 Å². The fraction of sp³-hybridized carbons (Fsp3) is 0.368. The minimum absolute atomic E-state index is 0.162. The summed E-state index contributed by atoms with van der Waals surface area (Å²) in [6, 6.07) is 8.22. The molecule has 2 aliphatic rings. The molecular formula is C19H20ClN3O3S. The molecule has 0 N–H and O–H groups in total. The van der Waals surface area contributed by atoms with E-state index >= 15 is 0 Å². The van der Waals surface area contributed by atoms with Crippen LogP contribution in [0.15, 0.2) is 41.4 Å². The number of halogens is 1. The number of piperidine rings is 1. The van der Waals surface area contributed by atoms with E-state index in [2.05, 4.69) is 4.98 Å². The second kappa shape index (κ2) is 7.22. The topological polar surface area (TPSA) is 70.6 Å². The van der Waals surface area contributed by atoms with Crippen molar-refractivity contribution in [1.82, 2.24) is 9.29 Å². The van der Waals surface area contributed by atoms with E-state index in [0.717, 1.165) is 30.5 Å². The zero-order valence-electron chi connectivity index (χ0n) is 14.8. The van der Waals surface area contributed by atoms with Crippen molar-refractivity contribution in [3.05, 3.63) is 52.8 Å². The number of fused-ring (bicyclic) bond motifs is 1. The van der Waals surface area contributed by atoms with Crippen LogP contribution >= 0.6 is 11.6 Å². The van der Waals surface area contributed by atoms with Crippen LogP contribution in [-0.4, -0.2) is 43.2 Å². The summed E-state index contributed by atoms with van der Waals surface area (Å²) < 4.78 is 27.3. The third-order valence-corrected chi connectivity index (χ3v) is 7.22. The van der Waals surface area contributed by atoms with Gasteiger partial charge in [0.05, 0.1) is 4.90 Å². The van der Waals surface area contributed by atoms with Crippen molar-refractivity contribution in [2.45, 2.75) is 30.6 Å². The van der Waals surface area contributed by atoms with Crippen molar-refractivity contribution in [2.24, 2.45) is 0 Å². The van der Waals surface area contributed by atoms with E-state index in [9.17, 15) is 13.2 Å². The molecule has 1 aromatic carbocycles. The number of anilines is 1. The lowest BCUT2D eigenvalue weighted by molar-refractivity contribution is 0.0989. The number of sulfonamides is 1. The maximum atomic E-state index is 12.9. The summed E-state index contributed by atoms with van der Waals surface area (Å²) in [6.45, 7) is 1.67. The maximum Gasteiger partial charge on any atom is 0.258 e. The molecule has 1 saturated heterocycles. The predicted octanol–water partition coefficient (Wildman–Crippen LogP) is 3.11. The minimum Gasteiger partial charge on any atom is -0.308 e. The molecule has 0 spiro atoms. The molecule has 2 aromatic rings. The molecule has 4 rings (SSSR count). The first-order valence-electron chi connectivity index (χ1n) is 9.03. The van der Waals surface area contributed by atoms with Crippen LogP contribution in [0.25, 0.3) is 0 Å². The second-order valence-electron chi connectivity index (χ2n) is 6.83. The molecule has 0 unspecified atom stereocenters. The number of carbonyl (C=O) groups is 1. The van der Waals surface area contributed by atoms with Crippen molar-refractivity contribution in [2.75, 3.05) is 24.5 Å². The first kappa shape index (κ1) is 18.4. The fourth-order valence-corrected chi connectivity index (χ4v) is 5.44. The SMILES string of the molecule is O=C(c1ccnc(Cl)c1)N1CCc2cc(S(=O)(=O)N3CCCCC3)ccc21. The van der Waals surface area contributed by atoms with E-state index in [1.807, 2.05) is 0 Å². The third-order valence-electron chi connectivity index (χ3n) is 5.12. The normalized spacial score (nSPS) is 17.7. The number of aromatic nitrogens is 1. The van der Waals surface area contributed by atoms with E-state index in [4.69, 9.17) is 11.6 Å². The number of pyridine rings is 1. The lowest BCUT2D eigenvalue weighted by Crippen LogP contribution is -2.35. The molecule has 2 aliphatic heterocycles. The molecule has 0 radical (unpaired) electrons. The van der Waals surface area contributed by atoms with E-state index in [1.165, 1.54) is 12.3 Å². The summed E-state index contributed by atoms with van der Waals surface area (Å²) >= 11 is 5.89. The van der Waals surface area contributed by atoms with Crippen molar-refractivity contribution in [3.8, 4) is 0 Å². The van der Waals surface area contributed by atoms with Gasteiger partial charge in [-0.25, -0.2) is 13.4 Å². The van der Waals surface area contributed by atoms with Gasteiger partial charge >= 0.3 is 0 Å². The largest absolute Gasteiger partial charge is 0.308 e. The molecule has 0 atom stereocenters. The van der Waals surface area contributed by atoms with Gasteiger partial charge in [0.1, 0.15) is 5.15 Å². The Morgan fingerprint density at radius 3 is 2.56 bits per heavy atom. The Hall–Kier alpha value is -1.96. The van der Waals surface area contributed by atoms with Gasteiger partial charge in [-0.2, -0.15) is 4.31 Å². The van der Waals surface area contributed by atoms with E-state index in [1.54, 1.807) is 33.5 Å². The van der Waals surface area contributed by atoms with Crippen LogP contribution in [0.4, 0.5) is 5.69 Å². The first-order valence-corrected chi connectivity index (χ1v) is 10.8. The Bertz CT molecular complexity index is 987. The zero-order valence-corrected chi connectivity index (χ0v) is 16.3. The van der Waals surface area contributed by atoms with Crippen molar-refractivity contribution < 1.29 is 13.2 Å². The summed E-state index contributed by atoms with van der Waals surface area (Å²) in [5, 5.41) is 0.267. The van der Waals surface area contributed by atoms with Crippen LogP contribution in [0.3, 0.4) is 0 Å². The highest BCUT2D eigenvalue weighted by Crippen LogP contribution is 2.32. The quantitative estimate of drug-likeness (QED) is 0.735. The molecule has 6 nitrogen and oxygen atoms in total. The molecular weight excluding hydrogens is 386 g/mol. The molecule has 0 saturated carbocycles. The van der Waals surface area contributed by atoms with Gasteiger partial charge in [0, 0.05) is 37.1 Å². The van der Waals surface area contributed by atoms with Gasteiger partial charge in [0.25, 0.3) is 5.91 Å². The minimum atomic E-state index is -3.47. The van der Waals surface area contributed by atoms with Gasteiger partial charge in [0.2, 0.25) is 10.0 Å². The van der Waals surface area contributed by atoms with Gasteiger partial charge < -0.3 is 4.90 Å². The molecule has 1 fully saturated rings. The summed E-state index contributed by atoms with van der Waals surface area (Å²) in [5.74, 6) is -0.162. The average Bonchev–Trinajstić information content (AvgIpc) is 3.11. The summed E-state index contributed by atoms with van der Waals surface area (Å²) in [7, 11) is -3.47. The van der Waals surface area contributed by atoms with Gasteiger partial charge in [-0.3, -0.25) is 4.79 Å². The van der Waals surface area contributed by atoms with Gasteiger partial charge in [0.15, 0.2) is 0 Å². The highest BCUT2D eigenvalue weighted by Gasteiger charge is 2.30. The van der Waals surface area contributed by atoms with Crippen molar-refractivity contribution in [1.29, 1.82) is 0 Å². The number of hydrogen-bond acceptors (Lipinski definition) is 4. The Balaban J connectivity index is 1.62. The Morgan fingerprint density at radius 1 is 1.04 bits per heavy atom. The van der Waals surface area contributed by atoms with Gasteiger partial charge in [-0.05, 0) is 55.2 Å². The number of nitrogens with zero attached hydrogens (tertiary/aromatic N) is 3. The molecule has 3 heterocycles. The molecule has 1 aromatic heterocycles. The zero-order chi connectivity index (χ0) is 19.0. The van der Waals surface area contributed by atoms with E-state index in [0.29, 0.717) is 36.5 Å². The van der Waals surface area contributed by atoms with E-state index < -0.39 is 10.0 Å². The predicted molar refractivity (Wildman–Crippen MR) is 104 cm³/mol. The number of amides is 1. The molecule has 142 valence electrons. The number of rotatable bonds is 3. The number of benzene rings is 1. The van der Waals surface area contributed by atoms with Crippen LogP contribution in [0, 0.1) is 0 Å². The maximum absolute atomic E-state index is 12.9. The van der Waals surface area contributed by atoms with Gasteiger partial charge in [-0.1, -0.05) is 18.0 Å². The van der Waals surface area contributed by atoms with Crippen LogP contribution in [-0.2, 0) is 16.4 Å². The highest BCUT2D eigenvalue weighted by molar-refractivity contribution is 7.89. The molecule has 8 heteroatoms. The van der Waals surface area contributed by atoms with Gasteiger partial charge in [-0.15, -0.1) is 0 Å². The lowest BCUT2D eigenvalue weighted by Gasteiger charge is -2.26. The van der Waals surface area contributed by atoms with Crippen LogP contribution < -0.4 is 4.90 Å². The smallest absolute Gasteiger partial charge is 0.258 e. The second-order valence-corrected chi connectivity index (χ2v) is 9.15. The van der Waals surface area contributed by atoms with Crippen LogP contribution in [0.5, 0.6) is 0 Å². The van der Waals surface area contributed by atoms with Crippen molar-refractivity contribution in [3.63, 3.8) is 0 Å². The van der Waals surface area contributed by atoms with Crippen LogP contribution in [0.1, 0.15) is 35.2 Å². The summed E-state index contributed by atoms with van der Waals surface area (Å²) in [6.07, 6.45) is 5.01. The fourth-order valence-electron chi connectivity index (χ4n) is 3.70. The molecule has 27 heavy (non-hydrogen) atoms. The average molecular weight is 406 g/mol. The molecule has 0 bridgehead atoms. The highest BCUT2D eigenvalue weighted by atomic mass is 35.5. The Labute approximate surface area is 163 Å². The number of hydrogen-bond donors (Lipinski definition) is 0. The summed E-state index contributed by atoms with van der Waals surface area (Å²) in [4.78, 5) is 18.7. The first-order chi connectivity index (χ1) is 13.0. The number of carbonyl (C=O) groups excluding carboxylic acids is 1. The monoisotopic (exact) mass is 405 g/mol. The molecule has 0 aliphatic carbocycles. The lowest BCUT2D eigenvalue weighted by atomic mass is 10.1. The Morgan fingerprint density at radius 2 is 1.81 bits per heavy atom. The van der Waals surface area contributed by atoms with Crippen LogP contribution in [0.2, 0.25) is 5.15 Å².